The molecule has 32 heavy (non-hydrogen) atoms. The van der Waals surface area contributed by atoms with Crippen molar-refractivity contribution in [3.63, 3.8) is 0 Å². The summed E-state index contributed by atoms with van der Waals surface area (Å²) in [6, 6.07) is 10.1. The summed E-state index contributed by atoms with van der Waals surface area (Å²) in [6.45, 7) is 2.69. The van der Waals surface area contributed by atoms with Crippen LogP contribution in [0.25, 0.3) is 17.5 Å². The highest BCUT2D eigenvalue weighted by Crippen LogP contribution is 2.34. The Morgan fingerprint density at radius 3 is 2.59 bits per heavy atom. The van der Waals surface area contributed by atoms with Crippen LogP contribution in [0.5, 0.6) is 11.5 Å². The van der Waals surface area contributed by atoms with Crippen LogP contribution in [0, 0.1) is 6.92 Å². The molecule has 168 valence electrons. The molecule has 1 heterocycles. The van der Waals surface area contributed by atoms with Gasteiger partial charge in [0.05, 0.1) is 18.4 Å². The van der Waals surface area contributed by atoms with Gasteiger partial charge in [0.15, 0.2) is 17.3 Å². The lowest BCUT2D eigenvalue weighted by atomic mass is 10.1. The summed E-state index contributed by atoms with van der Waals surface area (Å²) in [5, 5.41) is 6.77. The normalized spacial score (nSPS) is 11.4. The molecule has 9 heteroatoms. The SMILES string of the molecule is COc1cccc(/C=C/C(=O)Nc2c(C)cccc2-c2nc(C(C)C)no2)c1OC(F)F. The maximum atomic E-state index is 12.8. The summed E-state index contributed by atoms with van der Waals surface area (Å²) in [5.74, 6) is 0.435. The zero-order chi connectivity index (χ0) is 23.3. The summed E-state index contributed by atoms with van der Waals surface area (Å²) in [4.78, 5) is 17.0. The molecule has 0 atom stereocenters. The van der Waals surface area contributed by atoms with Gasteiger partial charge < -0.3 is 19.3 Å². The lowest BCUT2D eigenvalue weighted by Gasteiger charge is -2.12. The molecule has 1 amide bonds. The number of carbonyl (C=O) groups is 1. The number of aromatic nitrogens is 2. The fourth-order valence-electron chi connectivity index (χ4n) is 2.96. The molecule has 0 saturated heterocycles. The highest BCUT2D eigenvalue weighted by atomic mass is 19.3. The number of nitrogens with zero attached hydrogens (tertiary/aromatic N) is 2. The van der Waals surface area contributed by atoms with Gasteiger partial charge in [0.1, 0.15) is 0 Å². The minimum absolute atomic E-state index is 0.0887. The number of para-hydroxylation sites is 2. The second-order valence-electron chi connectivity index (χ2n) is 7.19. The summed E-state index contributed by atoms with van der Waals surface area (Å²) in [5.41, 5.74) is 2.14. The molecule has 0 bridgehead atoms. The van der Waals surface area contributed by atoms with E-state index in [9.17, 15) is 13.6 Å². The molecule has 3 aromatic rings. The molecule has 0 fully saturated rings. The lowest BCUT2D eigenvalue weighted by molar-refractivity contribution is -0.111. The van der Waals surface area contributed by atoms with Crippen molar-refractivity contribution in [2.75, 3.05) is 12.4 Å². The molecule has 0 aliphatic heterocycles. The number of halogens is 2. The van der Waals surface area contributed by atoms with Crippen molar-refractivity contribution in [2.24, 2.45) is 0 Å². The number of rotatable bonds is 8. The summed E-state index contributed by atoms with van der Waals surface area (Å²) >= 11 is 0. The third kappa shape index (κ3) is 5.29. The molecular formula is C23H23F2N3O4. The number of nitrogens with one attached hydrogen (secondary N) is 1. The molecule has 7 nitrogen and oxygen atoms in total. The largest absolute Gasteiger partial charge is 0.493 e. The molecule has 0 radical (unpaired) electrons. The molecule has 0 aliphatic carbocycles. The average Bonchev–Trinajstić information content (AvgIpc) is 3.24. The highest BCUT2D eigenvalue weighted by Gasteiger charge is 2.18. The van der Waals surface area contributed by atoms with Gasteiger partial charge in [0.2, 0.25) is 5.91 Å². The molecule has 1 aromatic heterocycles. The number of alkyl halides is 2. The fraction of sp³-hybridized carbons (Fsp3) is 0.261. The summed E-state index contributed by atoms with van der Waals surface area (Å²) < 4.78 is 40.6. The Balaban J connectivity index is 1.87. The number of hydrogen-bond donors (Lipinski definition) is 1. The van der Waals surface area contributed by atoms with E-state index in [2.05, 4.69) is 20.2 Å². The van der Waals surface area contributed by atoms with E-state index in [1.54, 1.807) is 12.1 Å². The second kappa shape index (κ2) is 10.0. The van der Waals surface area contributed by atoms with Crippen molar-refractivity contribution in [3.8, 4) is 23.0 Å². The first-order valence-corrected chi connectivity index (χ1v) is 9.84. The van der Waals surface area contributed by atoms with E-state index in [1.807, 2.05) is 32.9 Å². The van der Waals surface area contributed by atoms with Crippen LogP contribution in [0.2, 0.25) is 0 Å². The summed E-state index contributed by atoms with van der Waals surface area (Å²) in [6.07, 6.45) is 2.59. The van der Waals surface area contributed by atoms with E-state index < -0.39 is 12.5 Å². The van der Waals surface area contributed by atoms with E-state index in [4.69, 9.17) is 9.26 Å². The van der Waals surface area contributed by atoms with Crippen molar-refractivity contribution < 1.29 is 27.6 Å². The van der Waals surface area contributed by atoms with E-state index in [1.165, 1.54) is 31.4 Å². The van der Waals surface area contributed by atoms with Gasteiger partial charge in [-0.3, -0.25) is 4.79 Å². The van der Waals surface area contributed by atoms with E-state index >= 15 is 0 Å². The minimum Gasteiger partial charge on any atom is -0.493 e. The van der Waals surface area contributed by atoms with Gasteiger partial charge in [-0.05, 0) is 30.7 Å². The predicted molar refractivity (Wildman–Crippen MR) is 116 cm³/mol. The number of aryl methyl sites for hydroxylation is 1. The number of anilines is 1. The van der Waals surface area contributed by atoms with Gasteiger partial charge in [-0.2, -0.15) is 13.8 Å². The van der Waals surface area contributed by atoms with Crippen LogP contribution in [0.1, 0.15) is 36.7 Å². The van der Waals surface area contributed by atoms with Gasteiger partial charge >= 0.3 is 6.61 Å². The van der Waals surface area contributed by atoms with Crippen LogP contribution in [0.4, 0.5) is 14.5 Å². The number of amides is 1. The topological polar surface area (TPSA) is 86.5 Å². The number of ether oxygens (including phenoxy) is 2. The monoisotopic (exact) mass is 443 g/mol. The first-order valence-electron chi connectivity index (χ1n) is 9.84. The predicted octanol–water partition coefficient (Wildman–Crippen LogP) is 5.43. The van der Waals surface area contributed by atoms with E-state index in [0.717, 1.165) is 5.56 Å². The van der Waals surface area contributed by atoms with E-state index in [-0.39, 0.29) is 28.9 Å². The molecule has 0 spiro atoms. The molecule has 2 aromatic carbocycles. The van der Waals surface area contributed by atoms with Crippen molar-refractivity contribution in [3.05, 3.63) is 59.4 Å². The van der Waals surface area contributed by atoms with Crippen molar-refractivity contribution in [2.45, 2.75) is 33.3 Å². The molecular weight excluding hydrogens is 420 g/mol. The first-order chi connectivity index (χ1) is 15.3. The maximum Gasteiger partial charge on any atom is 0.387 e. The third-order valence-electron chi connectivity index (χ3n) is 4.56. The van der Waals surface area contributed by atoms with Crippen LogP contribution in [-0.4, -0.2) is 29.8 Å². The van der Waals surface area contributed by atoms with Gasteiger partial charge in [-0.25, -0.2) is 0 Å². The number of hydrogen-bond acceptors (Lipinski definition) is 6. The Morgan fingerprint density at radius 1 is 1.19 bits per heavy atom. The second-order valence-corrected chi connectivity index (χ2v) is 7.19. The van der Waals surface area contributed by atoms with Gasteiger partial charge in [0, 0.05) is 17.6 Å². The van der Waals surface area contributed by atoms with Crippen LogP contribution in [0.3, 0.4) is 0 Å². The van der Waals surface area contributed by atoms with E-state index in [0.29, 0.717) is 17.1 Å². The van der Waals surface area contributed by atoms with Crippen molar-refractivity contribution in [1.29, 1.82) is 0 Å². The van der Waals surface area contributed by atoms with Crippen molar-refractivity contribution >= 4 is 17.7 Å². The third-order valence-corrected chi connectivity index (χ3v) is 4.56. The first kappa shape index (κ1) is 22.9. The average molecular weight is 443 g/mol. The Morgan fingerprint density at radius 2 is 1.94 bits per heavy atom. The van der Waals surface area contributed by atoms with Crippen LogP contribution in [0.15, 0.2) is 47.0 Å². The maximum absolute atomic E-state index is 12.8. The lowest BCUT2D eigenvalue weighted by Crippen LogP contribution is -2.10. The van der Waals surface area contributed by atoms with Crippen molar-refractivity contribution in [1.82, 2.24) is 10.1 Å². The Labute approximate surface area is 184 Å². The standard InChI is InChI=1S/C23H23F2N3O4/c1-13(2)21-27-22(32-28-21)16-9-5-7-14(3)19(16)26-18(29)12-11-15-8-6-10-17(30-4)20(15)31-23(24)25/h5-13,23H,1-4H3,(H,26,29)/b12-11+. The number of benzene rings is 2. The van der Waals surface area contributed by atoms with Crippen LogP contribution >= 0.6 is 0 Å². The Kier molecular flexibility index (Phi) is 7.19. The minimum atomic E-state index is -3.04. The van der Waals surface area contributed by atoms with Gasteiger partial charge in [0.25, 0.3) is 5.89 Å². The summed E-state index contributed by atoms with van der Waals surface area (Å²) in [7, 11) is 1.34. The smallest absolute Gasteiger partial charge is 0.387 e. The fourth-order valence-corrected chi connectivity index (χ4v) is 2.96. The highest BCUT2D eigenvalue weighted by molar-refractivity contribution is 6.04. The Bertz CT molecular complexity index is 1130. The quantitative estimate of drug-likeness (QED) is 0.467. The molecule has 0 saturated carbocycles. The van der Waals surface area contributed by atoms with Crippen LogP contribution < -0.4 is 14.8 Å². The van der Waals surface area contributed by atoms with Crippen LogP contribution in [-0.2, 0) is 4.79 Å². The molecule has 1 N–H and O–H groups in total. The Hall–Kier alpha value is -3.75. The van der Waals surface area contributed by atoms with Gasteiger partial charge in [-0.1, -0.05) is 43.3 Å². The number of carbonyl (C=O) groups excluding carboxylic acids is 1. The zero-order valence-electron chi connectivity index (χ0n) is 18.1. The molecule has 3 rings (SSSR count). The zero-order valence-corrected chi connectivity index (χ0v) is 18.1. The van der Waals surface area contributed by atoms with Gasteiger partial charge in [-0.15, -0.1) is 0 Å². The molecule has 0 aliphatic rings. The number of methoxy groups -OCH3 is 1. The molecule has 0 unspecified atom stereocenters.